The number of nitrogen functional groups attached to an aromatic ring is 1. The minimum Gasteiger partial charge on any atom is -0.394 e. The van der Waals surface area contributed by atoms with Crippen molar-refractivity contribution in [2.75, 3.05) is 11.1 Å². The van der Waals surface area contributed by atoms with Crippen molar-refractivity contribution in [3.05, 3.63) is 34.7 Å². The lowest BCUT2D eigenvalue weighted by Gasteiger charge is -2.06. The summed E-state index contributed by atoms with van der Waals surface area (Å²) in [4.78, 5) is 15.8. The zero-order valence-electron chi connectivity index (χ0n) is 9.01. The van der Waals surface area contributed by atoms with E-state index in [2.05, 4.69) is 31.3 Å². The van der Waals surface area contributed by atoms with Gasteiger partial charge in [-0.15, -0.1) is 0 Å². The lowest BCUT2D eigenvalue weighted by molar-refractivity contribution is 0.102. The van der Waals surface area contributed by atoms with Gasteiger partial charge in [0.1, 0.15) is 0 Å². The molecule has 2 rings (SSSR count). The fourth-order valence-electron chi connectivity index (χ4n) is 1.32. The van der Waals surface area contributed by atoms with Gasteiger partial charge >= 0.3 is 0 Å². The van der Waals surface area contributed by atoms with Gasteiger partial charge in [0.2, 0.25) is 0 Å². The third-order valence-corrected chi connectivity index (χ3v) is 2.60. The van der Waals surface area contributed by atoms with E-state index in [1.807, 2.05) is 0 Å². The number of pyridine rings is 1. The lowest BCUT2D eigenvalue weighted by atomic mass is 10.3. The third-order valence-electron chi connectivity index (χ3n) is 2.17. The van der Waals surface area contributed by atoms with E-state index in [1.165, 1.54) is 17.1 Å². The average Bonchev–Trinajstić information content (AvgIpc) is 2.61. The van der Waals surface area contributed by atoms with Crippen LogP contribution in [0.25, 0.3) is 0 Å². The van der Waals surface area contributed by atoms with Crippen molar-refractivity contribution in [1.82, 2.24) is 14.8 Å². The summed E-state index contributed by atoms with van der Waals surface area (Å²) in [5.41, 5.74) is 6.54. The van der Waals surface area contributed by atoms with Crippen molar-refractivity contribution >= 4 is 33.3 Å². The number of hydrogen-bond donors (Lipinski definition) is 2. The van der Waals surface area contributed by atoms with Crippen LogP contribution in [0.4, 0.5) is 11.5 Å². The van der Waals surface area contributed by atoms with E-state index in [0.717, 1.165) is 4.47 Å². The van der Waals surface area contributed by atoms with E-state index in [1.54, 1.807) is 19.3 Å². The van der Waals surface area contributed by atoms with Crippen LogP contribution in [0.2, 0.25) is 0 Å². The third kappa shape index (κ3) is 2.44. The smallest absolute Gasteiger partial charge is 0.258 e. The zero-order valence-corrected chi connectivity index (χ0v) is 10.6. The Labute approximate surface area is 106 Å². The molecule has 0 radical (unpaired) electrons. The number of aromatic nitrogens is 3. The molecule has 2 aromatic heterocycles. The fourth-order valence-corrected chi connectivity index (χ4v) is 1.69. The highest BCUT2D eigenvalue weighted by atomic mass is 79.9. The van der Waals surface area contributed by atoms with E-state index < -0.39 is 0 Å². The van der Waals surface area contributed by atoms with Gasteiger partial charge in [-0.3, -0.25) is 14.5 Å². The molecular weight excluding hydrogens is 286 g/mol. The van der Waals surface area contributed by atoms with E-state index >= 15 is 0 Å². The molecule has 0 aliphatic rings. The Bertz CT molecular complexity index is 546. The number of carbonyl (C=O) groups is 1. The zero-order chi connectivity index (χ0) is 12.4. The Hall–Kier alpha value is -1.89. The van der Waals surface area contributed by atoms with E-state index in [-0.39, 0.29) is 5.91 Å². The van der Waals surface area contributed by atoms with Crippen LogP contribution in [0.3, 0.4) is 0 Å². The molecular formula is C10H10BrN5O. The van der Waals surface area contributed by atoms with Gasteiger partial charge in [0.25, 0.3) is 5.91 Å². The molecule has 0 saturated carbocycles. The Kier molecular flexibility index (Phi) is 3.10. The summed E-state index contributed by atoms with van der Waals surface area (Å²) in [6, 6.07) is 1.68. The fraction of sp³-hybridized carbons (Fsp3) is 0.100. The molecule has 6 nitrogen and oxygen atoms in total. The molecule has 0 atom stereocenters. The molecule has 0 unspecified atom stereocenters. The van der Waals surface area contributed by atoms with Crippen LogP contribution in [0.5, 0.6) is 0 Å². The quantitative estimate of drug-likeness (QED) is 0.877. The maximum atomic E-state index is 11.9. The number of nitrogens with one attached hydrogen (secondary N) is 1. The summed E-state index contributed by atoms with van der Waals surface area (Å²) in [6.45, 7) is 0. The standard InChI is InChI=1S/C10H10BrN5O/c1-16-9(8(12)5-14-16)15-10(17)6-2-7(11)4-13-3-6/h2-5H,12H2,1H3,(H,15,17). The van der Waals surface area contributed by atoms with Crippen LogP contribution < -0.4 is 11.1 Å². The maximum Gasteiger partial charge on any atom is 0.258 e. The van der Waals surface area contributed by atoms with Crippen molar-refractivity contribution in [1.29, 1.82) is 0 Å². The van der Waals surface area contributed by atoms with Gasteiger partial charge in [0, 0.05) is 23.9 Å². The summed E-state index contributed by atoms with van der Waals surface area (Å²) in [5, 5.41) is 6.61. The lowest BCUT2D eigenvalue weighted by Crippen LogP contribution is -2.15. The monoisotopic (exact) mass is 295 g/mol. The average molecular weight is 296 g/mol. The molecule has 1 amide bonds. The number of nitrogens with zero attached hydrogens (tertiary/aromatic N) is 3. The number of hydrogen-bond acceptors (Lipinski definition) is 4. The second-order valence-electron chi connectivity index (χ2n) is 3.42. The Morgan fingerprint density at radius 3 is 2.82 bits per heavy atom. The van der Waals surface area contributed by atoms with Crippen molar-refractivity contribution in [3.63, 3.8) is 0 Å². The minimum atomic E-state index is -0.283. The second kappa shape index (κ2) is 4.54. The van der Waals surface area contributed by atoms with Crippen LogP contribution in [-0.4, -0.2) is 20.7 Å². The van der Waals surface area contributed by atoms with Gasteiger partial charge < -0.3 is 11.1 Å². The van der Waals surface area contributed by atoms with Crippen LogP contribution in [-0.2, 0) is 7.05 Å². The van der Waals surface area contributed by atoms with E-state index in [9.17, 15) is 4.79 Å². The number of rotatable bonds is 2. The van der Waals surface area contributed by atoms with E-state index in [4.69, 9.17) is 5.73 Å². The van der Waals surface area contributed by atoms with Gasteiger partial charge in [-0.05, 0) is 22.0 Å². The van der Waals surface area contributed by atoms with Crippen LogP contribution in [0.1, 0.15) is 10.4 Å². The topological polar surface area (TPSA) is 85.8 Å². The molecule has 0 bridgehead atoms. The number of anilines is 2. The predicted octanol–water partition coefficient (Wildman–Crippen LogP) is 1.41. The SMILES string of the molecule is Cn1ncc(N)c1NC(=O)c1cncc(Br)c1. The highest BCUT2D eigenvalue weighted by Crippen LogP contribution is 2.17. The maximum absolute atomic E-state index is 11.9. The van der Waals surface area contributed by atoms with Crippen molar-refractivity contribution in [2.24, 2.45) is 7.05 Å². The first kappa shape index (κ1) is 11.6. The van der Waals surface area contributed by atoms with Crippen LogP contribution in [0.15, 0.2) is 29.1 Å². The highest BCUT2D eigenvalue weighted by Gasteiger charge is 2.11. The van der Waals surface area contributed by atoms with Crippen molar-refractivity contribution in [2.45, 2.75) is 0 Å². The molecule has 0 aliphatic heterocycles. The number of halogens is 1. The molecule has 0 aliphatic carbocycles. The summed E-state index contributed by atoms with van der Waals surface area (Å²) in [5.74, 6) is 0.184. The van der Waals surface area contributed by atoms with Crippen molar-refractivity contribution < 1.29 is 4.79 Å². The summed E-state index contributed by atoms with van der Waals surface area (Å²) < 4.78 is 2.24. The summed E-state index contributed by atoms with van der Waals surface area (Å²) >= 11 is 3.25. The molecule has 0 saturated heterocycles. The van der Waals surface area contributed by atoms with Gasteiger partial charge in [0.15, 0.2) is 5.82 Å². The van der Waals surface area contributed by atoms with Crippen LogP contribution in [0, 0.1) is 0 Å². The number of amides is 1. The number of carbonyl (C=O) groups excluding carboxylic acids is 1. The summed E-state index contributed by atoms with van der Waals surface area (Å²) in [6.07, 6.45) is 4.57. The molecule has 7 heteroatoms. The number of aryl methyl sites for hydroxylation is 1. The van der Waals surface area contributed by atoms with E-state index in [0.29, 0.717) is 17.1 Å². The first-order valence-corrected chi connectivity index (χ1v) is 5.56. The van der Waals surface area contributed by atoms with Gasteiger partial charge in [-0.25, -0.2) is 0 Å². The Morgan fingerprint density at radius 1 is 1.47 bits per heavy atom. The first-order valence-electron chi connectivity index (χ1n) is 4.77. The van der Waals surface area contributed by atoms with Gasteiger partial charge in [0.05, 0.1) is 17.4 Å². The van der Waals surface area contributed by atoms with Gasteiger partial charge in [-0.2, -0.15) is 5.10 Å². The number of nitrogens with two attached hydrogens (primary N) is 1. The van der Waals surface area contributed by atoms with Crippen molar-refractivity contribution in [3.8, 4) is 0 Å². The molecule has 3 N–H and O–H groups in total. The highest BCUT2D eigenvalue weighted by molar-refractivity contribution is 9.10. The predicted molar refractivity (Wildman–Crippen MR) is 67.5 cm³/mol. The molecule has 0 aromatic carbocycles. The second-order valence-corrected chi connectivity index (χ2v) is 4.33. The summed E-state index contributed by atoms with van der Waals surface area (Å²) in [7, 11) is 1.70. The Balaban J connectivity index is 2.23. The molecule has 88 valence electrons. The molecule has 2 aromatic rings. The first-order chi connectivity index (χ1) is 8.08. The Morgan fingerprint density at radius 2 is 2.24 bits per heavy atom. The molecule has 0 spiro atoms. The largest absolute Gasteiger partial charge is 0.394 e. The molecule has 0 fully saturated rings. The van der Waals surface area contributed by atoms with Crippen LogP contribution >= 0.6 is 15.9 Å². The molecule has 2 heterocycles. The molecule has 17 heavy (non-hydrogen) atoms. The van der Waals surface area contributed by atoms with Gasteiger partial charge in [-0.1, -0.05) is 0 Å². The normalized spacial score (nSPS) is 10.2. The minimum absolute atomic E-state index is 0.283.